The van der Waals surface area contributed by atoms with Gasteiger partial charge in [-0.05, 0) is 31.2 Å². The molecule has 154 valence electrons. The SMILES string of the molecule is Cc1nc2cc(F)c(F)cc2n1-c1nc(N)nc(Nc2ccc(C(F)(F)F)cc2)n1. The minimum atomic E-state index is -4.46. The molecule has 0 aliphatic heterocycles. The number of benzene rings is 2. The monoisotopic (exact) mass is 421 g/mol. The molecule has 3 N–H and O–H groups in total. The highest BCUT2D eigenvalue weighted by atomic mass is 19.4. The molecule has 30 heavy (non-hydrogen) atoms. The van der Waals surface area contributed by atoms with Gasteiger partial charge in [-0.1, -0.05) is 0 Å². The van der Waals surface area contributed by atoms with Crippen LogP contribution in [0.15, 0.2) is 36.4 Å². The molecule has 0 radical (unpaired) electrons. The normalized spacial score (nSPS) is 11.8. The predicted octanol–water partition coefficient (Wildman–Crippen LogP) is 4.14. The number of hydrogen-bond donors (Lipinski definition) is 2. The van der Waals surface area contributed by atoms with Crippen molar-refractivity contribution >= 4 is 28.6 Å². The molecule has 7 nitrogen and oxygen atoms in total. The molecule has 2 heterocycles. The number of alkyl halides is 3. The van der Waals surface area contributed by atoms with Crippen molar-refractivity contribution in [3.05, 3.63) is 59.4 Å². The summed E-state index contributed by atoms with van der Waals surface area (Å²) in [5.41, 5.74) is 5.59. The van der Waals surface area contributed by atoms with Gasteiger partial charge in [0.2, 0.25) is 17.8 Å². The van der Waals surface area contributed by atoms with E-state index in [1.54, 1.807) is 6.92 Å². The predicted molar refractivity (Wildman–Crippen MR) is 98.2 cm³/mol. The first-order chi connectivity index (χ1) is 14.1. The largest absolute Gasteiger partial charge is 0.416 e. The summed E-state index contributed by atoms with van der Waals surface area (Å²) < 4.78 is 66.7. The van der Waals surface area contributed by atoms with Crippen molar-refractivity contribution in [3.8, 4) is 5.95 Å². The molecule has 0 spiro atoms. The second kappa shape index (κ2) is 6.90. The van der Waals surface area contributed by atoms with Gasteiger partial charge >= 0.3 is 6.18 Å². The van der Waals surface area contributed by atoms with Crippen molar-refractivity contribution < 1.29 is 22.0 Å². The fourth-order valence-corrected chi connectivity index (χ4v) is 2.85. The summed E-state index contributed by atoms with van der Waals surface area (Å²) in [6, 6.07) is 6.11. The molecule has 0 amide bonds. The van der Waals surface area contributed by atoms with Gasteiger partial charge in [0, 0.05) is 17.8 Å². The van der Waals surface area contributed by atoms with Crippen LogP contribution in [-0.2, 0) is 6.18 Å². The van der Waals surface area contributed by atoms with Gasteiger partial charge in [0.05, 0.1) is 16.6 Å². The lowest BCUT2D eigenvalue weighted by molar-refractivity contribution is -0.137. The van der Waals surface area contributed by atoms with Gasteiger partial charge in [-0.3, -0.25) is 4.57 Å². The Hall–Kier alpha value is -3.83. The van der Waals surface area contributed by atoms with E-state index in [-0.39, 0.29) is 34.6 Å². The van der Waals surface area contributed by atoms with Crippen LogP contribution in [0.25, 0.3) is 17.0 Å². The molecule has 0 aliphatic carbocycles. The number of nitrogens with one attached hydrogen (secondary N) is 1. The Morgan fingerprint density at radius 3 is 2.27 bits per heavy atom. The van der Waals surface area contributed by atoms with Crippen molar-refractivity contribution in [2.45, 2.75) is 13.1 Å². The standard InChI is InChI=1S/C18H12F5N7/c1-8-25-13-6-11(19)12(20)7-14(13)30(8)17-28-15(24)27-16(29-17)26-10-4-2-9(3-5-10)18(21,22)23/h2-7H,1H3,(H3,24,26,27,28,29). The van der Waals surface area contributed by atoms with Gasteiger partial charge in [-0.2, -0.15) is 28.1 Å². The lowest BCUT2D eigenvalue weighted by Gasteiger charge is -2.11. The average Bonchev–Trinajstić information content (AvgIpc) is 2.96. The summed E-state index contributed by atoms with van der Waals surface area (Å²) in [5.74, 6) is -2.07. The fourth-order valence-electron chi connectivity index (χ4n) is 2.85. The molecule has 0 aliphatic rings. The Bertz CT molecular complexity index is 1250. The Morgan fingerprint density at radius 2 is 1.60 bits per heavy atom. The fraction of sp³-hybridized carbons (Fsp3) is 0.111. The van der Waals surface area contributed by atoms with E-state index < -0.39 is 23.4 Å². The molecular formula is C18H12F5N7. The van der Waals surface area contributed by atoms with E-state index in [9.17, 15) is 22.0 Å². The Balaban J connectivity index is 1.73. The third kappa shape index (κ3) is 3.58. The van der Waals surface area contributed by atoms with Crippen LogP contribution in [0.4, 0.5) is 39.5 Å². The van der Waals surface area contributed by atoms with Crippen LogP contribution in [0.2, 0.25) is 0 Å². The quantitative estimate of drug-likeness (QED) is 0.483. The zero-order chi connectivity index (χ0) is 21.6. The van der Waals surface area contributed by atoms with E-state index in [2.05, 4.69) is 25.3 Å². The Kier molecular flexibility index (Phi) is 4.48. The van der Waals surface area contributed by atoms with Crippen molar-refractivity contribution in [1.82, 2.24) is 24.5 Å². The number of aryl methyl sites for hydroxylation is 1. The van der Waals surface area contributed by atoms with Crippen LogP contribution in [0.1, 0.15) is 11.4 Å². The number of halogens is 5. The highest BCUT2D eigenvalue weighted by Gasteiger charge is 2.30. The third-order valence-electron chi connectivity index (χ3n) is 4.17. The van der Waals surface area contributed by atoms with Crippen molar-refractivity contribution in [3.63, 3.8) is 0 Å². The molecule has 0 saturated heterocycles. The van der Waals surface area contributed by atoms with Crippen molar-refractivity contribution in [2.75, 3.05) is 11.1 Å². The summed E-state index contributed by atoms with van der Waals surface area (Å²) in [4.78, 5) is 16.2. The molecule has 2 aromatic heterocycles. The summed E-state index contributed by atoms with van der Waals surface area (Å²) in [7, 11) is 0. The van der Waals surface area contributed by atoms with Gasteiger partial charge < -0.3 is 11.1 Å². The van der Waals surface area contributed by atoms with Crippen LogP contribution in [0, 0.1) is 18.6 Å². The first kappa shape index (κ1) is 19.5. The lowest BCUT2D eigenvalue weighted by atomic mass is 10.2. The van der Waals surface area contributed by atoms with E-state index >= 15 is 0 Å². The van der Waals surface area contributed by atoms with Gasteiger partial charge in [0.1, 0.15) is 5.82 Å². The topological polar surface area (TPSA) is 94.5 Å². The van der Waals surface area contributed by atoms with Gasteiger partial charge in [-0.15, -0.1) is 0 Å². The van der Waals surface area contributed by atoms with Gasteiger partial charge in [-0.25, -0.2) is 13.8 Å². The number of fused-ring (bicyclic) bond motifs is 1. The van der Waals surface area contributed by atoms with Gasteiger partial charge in [0.25, 0.3) is 0 Å². The molecule has 2 aromatic carbocycles. The molecule has 0 unspecified atom stereocenters. The number of anilines is 3. The van der Waals surface area contributed by atoms with E-state index in [1.807, 2.05) is 0 Å². The molecule has 0 atom stereocenters. The van der Waals surface area contributed by atoms with Crippen LogP contribution >= 0.6 is 0 Å². The number of imidazole rings is 1. The molecular weight excluding hydrogens is 409 g/mol. The molecule has 4 rings (SSSR count). The first-order valence-corrected chi connectivity index (χ1v) is 8.42. The van der Waals surface area contributed by atoms with Crippen molar-refractivity contribution in [2.24, 2.45) is 0 Å². The second-order valence-electron chi connectivity index (χ2n) is 6.27. The summed E-state index contributed by atoms with van der Waals surface area (Å²) in [6.07, 6.45) is -4.46. The average molecular weight is 421 g/mol. The zero-order valence-electron chi connectivity index (χ0n) is 15.2. The second-order valence-corrected chi connectivity index (χ2v) is 6.27. The van der Waals surface area contributed by atoms with Crippen molar-refractivity contribution in [1.29, 1.82) is 0 Å². The number of nitrogen functional groups attached to an aromatic ring is 1. The zero-order valence-corrected chi connectivity index (χ0v) is 15.2. The molecule has 0 bridgehead atoms. The Morgan fingerprint density at radius 1 is 0.933 bits per heavy atom. The van der Waals surface area contributed by atoms with Crippen LogP contribution < -0.4 is 11.1 Å². The van der Waals surface area contributed by atoms with E-state index in [0.29, 0.717) is 5.82 Å². The summed E-state index contributed by atoms with van der Waals surface area (Å²) in [6.45, 7) is 1.58. The number of aromatic nitrogens is 5. The van der Waals surface area contributed by atoms with Crippen LogP contribution in [-0.4, -0.2) is 24.5 Å². The van der Waals surface area contributed by atoms with Gasteiger partial charge in [0.15, 0.2) is 11.6 Å². The molecule has 4 aromatic rings. The molecule has 0 saturated carbocycles. The number of hydrogen-bond acceptors (Lipinski definition) is 6. The highest BCUT2D eigenvalue weighted by molar-refractivity contribution is 5.78. The Labute approximate surface area is 165 Å². The first-order valence-electron chi connectivity index (χ1n) is 8.42. The number of rotatable bonds is 3. The van der Waals surface area contributed by atoms with E-state index in [4.69, 9.17) is 5.73 Å². The van der Waals surface area contributed by atoms with E-state index in [0.717, 1.165) is 24.3 Å². The molecule has 0 fully saturated rings. The minimum absolute atomic E-state index is 0.0251. The van der Waals surface area contributed by atoms with E-state index in [1.165, 1.54) is 16.7 Å². The summed E-state index contributed by atoms with van der Waals surface area (Å²) >= 11 is 0. The number of nitrogens with zero attached hydrogens (tertiary/aromatic N) is 5. The third-order valence-corrected chi connectivity index (χ3v) is 4.17. The maximum atomic E-state index is 13.7. The minimum Gasteiger partial charge on any atom is -0.368 e. The number of nitrogens with two attached hydrogens (primary N) is 1. The maximum absolute atomic E-state index is 13.7. The lowest BCUT2D eigenvalue weighted by Crippen LogP contribution is -2.10. The highest BCUT2D eigenvalue weighted by Crippen LogP contribution is 2.30. The summed E-state index contributed by atoms with van der Waals surface area (Å²) in [5, 5.41) is 2.74. The molecule has 12 heteroatoms. The van der Waals surface area contributed by atoms with Crippen LogP contribution in [0.3, 0.4) is 0 Å². The van der Waals surface area contributed by atoms with Crippen LogP contribution in [0.5, 0.6) is 0 Å². The maximum Gasteiger partial charge on any atom is 0.416 e. The smallest absolute Gasteiger partial charge is 0.368 e.